The molecule has 3 rings (SSSR count). The molecule has 0 fully saturated rings. The number of carbonyl (C=O) groups is 1. The van der Waals surface area contributed by atoms with E-state index in [0.29, 0.717) is 11.5 Å². The lowest BCUT2D eigenvalue weighted by Gasteiger charge is -2.24. The third kappa shape index (κ3) is 3.34. The Morgan fingerprint density at radius 2 is 1.96 bits per heavy atom. The van der Waals surface area contributed by atoms with Crippen LogP contribution in [0.5, 0.6) is 11.5 Å². The maximum Gasteiger partial charge on any atom is 0.284 e. The number of hydrazone groups is 1. The largest absolute Gasteiger partial charge is 0.485 e. The zero-order valence-corrected chi connectivity index (χ0v) is 12.8. The molecule has 2 aromatic carbocycles. The number of nitrogens with zero attached hydrogens (tertiary/aromatic N) is 1. The molecule has 0 unspecified atom stereocenters. The third-order valence-electron chi connectivity index (χ3n) is 3.46. The van der Waals surface area contributed by atoms with Crippen LogP contribution in [-0.2, 0) is 4.79 Å². The molecule has 24 heavy (non-hydrogen) atoms. The number of hydrogen-bond donors (Lipinski definition) is 1. The molecule has 1 aliphatic rings. The quantitative estimate of drug-likeness (QED) is 0.694. The van der Waals surface area contributed by atoms with Crippen LogP contribution in [0.2, 0.25) is 0 Å². The van der Waals surface area contributed by atoms with Crippen LogP contribution in [0.15, 0.2) is 47.6 Å². The molecule has 0 bridgehead atoms. The van der Waals surface area contributed by atoms with Crippen molar-refractivity contribution in [3.05, 3.63) is 59.7 Å². The molecule has 1 N–H and O–H groups in total. The van der Waals surface area contributed by atoms with E-state index in [1.54, 1.807) is 24.3 Å². The van der Waals surface area contributed by atoms with Crippen LogP contribution in [-0.4, -0.2) is 24.3 Å². The number of rotatable bonds is 3. The summed E-state index contributed by atoms with van der Waals surface area (Å²) in [4.78, 5) is 12.1. The molecule has 5 nitrogen and oxygen atoms in total. The first-order valence-electron chi connectivity index (χ1n) is 7.22. The van der Waals surface area contributed by atoms with Crippen LogP contribution < -0.4 is 14.9 Å². The highest BCUT2D eigenvalue weighted by Crippen LogP contribution is 2.30. The lowest BCUT2D eigenvalue weighted by Crippen LogP contribution is -2.42. The predicted octanol–water partition coefficient (Wildman–Crippen LogP) is 2.65. The Bertz CT molecular complexity index is 808. The Labute approximate surface area is 136 Å². The zero-order chi connectivity index (χ0) is 17.1. The maximum absolute atomic E-state index is 13.7. The Balaban J connectivity index is 1.67. The molecule has 0 radical (unpaired) electrons. The zero-order valence-electron chi connectivity index (χ0n) is 12.8. The fourth-order valence-electron chi connectivity index (χ4n) is 2.20. The van der Waals surface area contributed by atoms with Crippen molar-refractivity contribution in [3.63, 3.8) is 0 Å². The molecule has 124 valence electrons. The van der Waals surface area contributed by atoms with Gasteiger partial charge in [0.25, 0.3) is 5.91 Å². The van der Waals surface area contributed by atoms with E-state index in [-0.39, 0.29) is 17.9 Å². The second kappa shape index (κ2) is 6.66. The van der Waals surface area contributed by atoms with Crippen LogP contribution in [0.4, 0.5) is 8.78 Å². The first kappa shape index (κ1) is 15.9. The van der Waals surface area contributed by atoms with Crippen molar-refractivity contribution in [2.24, 2.45) is 5.10 Å². The number of amides is 1. The van der Waals surface area contributed by atoms with Gasteiger partial charge in [-0.15, -0.1) is 0 Å². The summed E-state index contributed by atoms with van der Waals surface area (Å²) in [6.07, 6.45) is -0.866. The lowest BCUT2D eigenvalue weighted by atomic mass is 10.1. The molecule has 0 saturated carbocycles. The highest BCUT2D eigenvalue weighted by molar-refractivity contribution is 5.99. The van der Waals surface area contributed by atoms with Gasteiger partial charge in [-0.3, -0.25) is 4.79 Å². The van der Waals surface area contributed by atoms with Crippen molar-refractivity contribution in [2.45, 2.75) is 13.0 Å². The SMILES string of the molecule is C/C(=N/NC(=O)[C@@H]1COc2ccccc2O1)c1ccc(F)cc1F. The summed E-state index contributed by atoms with van der Waals surface area (Å²) in [6.45, 7) is 1.55. The van der Waals surface area contributed by atoms with Gasteiger partial charge < -0.3 is 9.47 Å². The number of ether oxygens (including phenoxy) is 2. The monoisotopic (exact) mass is 332 g/mol. The van der Waals surface area contributed by atoms with Gasteiger partial charge in [0.15, 0.2) is 11.5 Å². The molecule has 0 saturated heterocycles. The molecule has 2 aromatic rings. The fourth-order valence-corrected chi connectivity index (χ4v) is 2.20. The van der Waals surface area contributed by atoms with Crippen molar-refractivity contribution in [2.75, 3.05) is 6.61 Å². The van der Waals surface area contributed by atoms with Crippen LogP contribution in [0.3, 0.4) is 0 Å². The summed E-state index contributed by atoms with van der Waals surface area (Å²) >= 11 is 0. The van der Waals surface area contributed by atoms with E-state index in [0.717, 1.165) is 12.1 Å². The normalized spacial score (nSPS) is 16.6. The molecule has 1 aliphatic heterocycles. The molecule has 7 heteroatoms. The van der Waals surface area contributed by atoms with E-state index in [1.165, 1.54) is 13.0 Å². The van der Waals surface area contributed by atoms with Gasteiger partial charge in [-0.05, 0) is 31.2 Å². The number of halogens is 2. The average molecular weight is 332 g/mol. The summed E-state index contributed by atoms with van der Waals surface area (Å²) < 4.78 is 37.6. The standard InChI is InChI=1S/C17H14F2N2O3/c1-10(12-7-6-11(18)8-13(12)19)20-21-17(22)16-9-23-14-4-2-3-5-15(14)24-16/h2-8,16H,9H2,1H3,(H,21,22)/b20-10-/t16-/m0/s1. The van der Waals surface area contributed by atoms with E-state index >= 15 is 0 Å². The van der Waals surface area contributed by atoms with Gasteiger partial charge in [-0.1, -0.05) is 12.1 Å². The van der Waals surface area contributed by atoms with E-state index < -0.39 is 23.6 Å². The Hall–Kier alpha value is -2.96. The summed E-state index contributed by atoms with van der Waals surface area (Å²) in [5, 5.41) is 3.84. The average Bonchev–Trinajstić information content (AvgIpc) is 2.59. The van der Waals surface area contributed by atoms with Gasteiger partial charge in [0.1, 0.15) is 18.2 Å². The number of carbonyl (C=O) groups excluding carboxylic acids is 1. The minimum Gasteiger partial charge on any atom is -0.485 e. The van der Waals surface area contributed by atoms with Crippen molar-refractivity contribution in [1.29, 1.82) is 0 Å². The molecular formula is C17H14F2N2O3. The highest BCUT2D eigenvalue weighted by Gasteiger charge is 2.27. The Morgan fingerprint density at radius 1 is 1.21 bits per heavy atom. The van der Waals surface area contributed by atoms with Crippen molar-refractivity contribution >= 4 is 11.6 Å². The number of hydrogen-bond acceptors (Lipinski definition) is 4. The lowest BCUT2D eigenvalue weighted by molar-refractivity contribution is -0.130. The van der Waals surface area contributed by atoms with Crippen LogP contribution >= 0.6 is 0 Å². The van der Waals surface area contributed by atoms with E-state index in [2.05, 4.69) is 10.5 Å². The smallest absolute Gasteiger partial charge is 0.284 e. The van der Waals surface area contributed by atoms with E-state index in [4.69, 9.17) is 9.47 Å². The second-order valence-corrected chi connectivity index (χ2v) is 5.16. The highest BCUT2D eigenvalue weighted by atomic mass is 19.1. The summed E-state index contributed by atoms with van der Waals surface area (Å²) in [5.74, 6) is -0.925. The molecule has 1 heterocycles. The Kier molecular flexibility index (Phi) is 4.41. The van der Waals surface area contributed by atoms with Crippen LogP contribution in [0.1, 0.15) is 12.5 Å². The van der Waals surface area contributed by atoms with Gasteiger partial charge in [0.2, 0.25) is 6.10 Å². The number of para-hydroxylation sites is 2. The molecule has 0 aliphatic carbocycles. The van der Waals surface area contributed by atoms with Gasteiger partial charge in [-0.25, -0.2) is 14.2 Å². The van der Waals surface area contributed by atoms with Gasteiger partial charge in [0.05, 0.1) is 5.71 Å². The molecule has 1 amide bonds. The topological polar surface area (TPSA) is 59.9 Å². The van der Waals surface area contributed by atoms with Crippen molar-refractivity contribution in [1.82, 2.24) is 5.43 Å². The van der Waals surface area contributed by atoms with Crippen molar-refractivity contribution < 1.29 is 23.0 Å². The molecule has 0 spiro atoms. The summed E-state index contributed by atoms with van der Waals surface area (Å²) in [7, 11) is 0. The van der Waals surface area contributed by atoms with Crippen molar-refractivity contribution in [3.8, 4) is 11.5 Å². The fraction of sp³-hybridized carbons (Fsp3) is 0.176. The van der Waals surface area contributed by atoms with Crippen LogP contribution in [0.25, 0.3) is 0 Å². The second-order valence-electron chi connectivity index (χ2n) is 5.16. The number of fused-ring (bicyclic) bond motifs is 1. The first-order valence-corrected chi connectivity index (χ1v) is 7.22. The van der Waals surface area contributed by atoms with E-state index in [9.17, 15) is 13.6 Å². The molecule has 0 aromatic heterocycles. The summed E-state index contributed by atoms with van der Waals surface area (Å²) in [6, 6.07) is 10.1. The predicted molar refractivity (Wildman–Crippen MR) is 83.1 cm³/mol. The number of benzene rings is 2. The first-order chi connectivity index (χ1) is 11.5. The van der Waals surface area contributed by atoms with Gasteiger partial charge in [-0.2, -0.15) is 5.10 Å². The third-order valence-corrected chi connectivity index (χ3v) is 3.46. The Morgan fingerprint density at radius 3 is 2.71 bits per heavy atom. The van der Waals surface area contributed by atoms with Gasteiger partial charge in [0, 0.05) is 11.6 Å². The molecule has 1 atom stereocenters. The number of nitrogens with one attached hydrogen (secondary N) is 1. The minimum atomic E-state index is -0.866. The minimum absolute atomic E-state index is 0.0440. The molecular weight excluding hydrogens is 318 g/mol. The van der Waals surface area contributed by atoms with E-state index in [1.807, 2.05) is 0 Å². The van der Waals surface area contributed by atoms with Crippen LogP contribution in [0, 0.1) is 11.6 Å². The maximum atomic E-state index is 13.7. The summed E-state index contributed by atoms with van der Waals surface area (Å²) in [5.41, 5.74) is 2.61. The van der Waals surface area contributed by atoms with Gasteiger partial charge >= 0.3 is 0 Å².